The zero-order valence-electron chi connectivity index (χ0n) is 17.2. The minimum atomic E-state index is -3.44. The molecule has 3 aromatic rings. The van der Waals surface area contributed by atoms with Crippen LogP contribution in [-0.4, -0.2) is 36.7 Å². The summed E-state index contributed by atoms with van der Waals surface area (Å²) in [5, 5.41) is 7.29. The Balaban J connectivity index is 1.20. The van der Waals surface area contributed by atoms with E-state index in [1.165, 1.54) is 0 Å². The van der Waals surface area contributed by atoms with Gasteiger partial charge in [0.1, 0.15) is 0 Å². The number of hydrogen-bond acceptors (Lipinski definition) is 4. The molecule has 1 saturated carbocycles. The second-order valence-corrected chi connectivity index (χ2v) is 9.48. The topological polar surface area (TPSA) is 93.1 Å². The molecule has 0 aliphatic heterocycles. The lowest BCUT2D eigenvalue weighted by Gasteiger charge is -2.07. The van der Waals surface area contributed by atoms with Crippen LogP contribution in [0.2, 0.25) is 0 Å². The van der Waals surface area contributed by atoms with Crippen LogP contribution in [0.3, 0.4) is 0 Å². The summed E-state index contributed by atoms with van der Waals surface area (Å²) >= 11 is 0. The van der Waals surface area contributed by atoms with Gasteiger partial charge in [-0.25, -0.2) is 17.8 Å². The first kappa shape index (κ1) is 21.3. The number of carbonyl (C=O) groups is 1. The predicted molar refractivity (Wildman–Crippen MR) is 118 cm³/mol. The number of carbonyl (C=O) groups excluding carboxylic acids is 1. The molecule has 1 aliphatic rings. The van der Waals surface area contributed by atoms with E-state index in [-0.39, 0.29) is 16.8 Å². The largest absolute Gasteiger partial charge is 0.356 e. The van der Waals surface area contributed by atoms with Crippen LogP contribution in [-0.2, 0) is 27.7 Å². The Morgan fingerprint density at radius 3 is 2.45 bits per heavy atom. The molecule has 2 aromatic carbocycles. The quantitative estimate of drug-likeness (QED) is 0.509. The van der Waals surface area contributed by atoms with Crippen molar-refractivity contribution in [2.45, 2.75) is 43.0 Å². The molecule has 0 atom stereocenters. The van der Waals surface area contributed by atoms with Crippen molar-refractivity contribution in [3.63, 3.8) is 0 Å². The molecule has 0 unspecified atom stereocenters. The van der Waals surface area contributed by atoms with E-state index in [1.807, 2.05) is 47.4 Å². The molecule has 1 heterocycles. The summed E-state index contributed by atoms with van der Waals surface area (Å²) in [6, 6.07) is 16.7. The van der Waals surface area contributed by atoms with Gasteiger partial charge in [0.15, 0.2) is 0 Å². The predicted octanol–water partition coefficient (Wildman–Crippen LogP) is 2.60. The molecule has 1 aromatic heterocycles. The molecule has 4 rings (SSSR count). The molecular formula is C23H26N4O3S. The van der Waals surface area contributed by atoms with Gasteiger partial charge in [0, 0.05) is 25.2 Å². The van der Waals surface area contributed by atoms with Crippen molar-refractivity contribution in [2.75, 3.05) is 6.54 Å². The smallest absolute Gasteiger partial charge is 0.240 e. The maximum atomic E-state index is 12.2. The molecule has 7 nitrogen and oxygen atoms in total. The number of aryl methyl sites for hydroxylation is 1. The lowest BCUT2D eigenvalue weighted by atomic mass is 10.1. The number of hydrogen-bond donors (Lipinski definition) is 2. The van der Waals surface area contributed by atoms with Crippen LogP contribution in [0.25, 0.3) is 5.69 Å². The Hall–Kier alpha value is -2.97. The van der Waals surface area contributed by atoms with E-state index in [9.17, 15) is 13.2 Å². The minimum Gasteiger partial charge on any atom is -0.356 e. The fourth-order valence-corrected chi connectivity index (χ4v) is 4.53. The first-order chi connectivity index (χ1) is 15.0. The highest BCUT2D eigenvalue weighted by Crippen LogP contribution is 2.22. The average molecular weight is 439 g/mol. The van der Waals surface area contributed by atoms with Crippen LogP contribution in [0.1, 0.15) is 30.4 Å². The Morgan fingerprint density at radius 1 is 1.00 bits per heavy atom. The van der Waals surface area contributed by atoms with Crippen LogP contribution in [0, 0.1) is 0 Å². The van der Waals surface area contributed by atoms with E-state index in [1.54, 1.807) is 24.3 Å². The summed E-state index contributed by atoms with van der Waals surface area (Å²) < 4.78 is 28.9. The van der Waals surface area contributed by atoms with Gasteiger partial charge in [0.05, 0.1) is 16.8 Å². The Kier molecular flexibility index (Phi) is 6.48. The number of para-hydroxylation sites is 1. The van der Waals surface area contributed by atoms with Crippen molar-refractivity contribution < 1.29 is 13.2 Å². The Bertz CT molecular complexity index is 1120. The van der Waals surface area contributed by atoms with Crippen molar-refractivity contribution in [3.05, 3.63) is 78.1 Å². The molecule has 0 bridgehead atoms. The average Bonchev–Trinajstić information content (AvgIpc) is 3.45. The maximum absolute atomic E-state index is 12.2. The lowest BCUT2D eigenvalue weighted by molar-refractivity contribution is -0.121. The fourth-order valence-electron chi connectivity index (χ4n) is 3.23. The fraction of sp³-hybridized carbons (Fsp3) is 0.304. The van der Waals surface area contributed by atoms with Gasteiger partial charge < -0.3 is 5.32 Å². The van der Waals surface area contributed by atoms with E-state index in [0.29, 0.717) is 25.8 Å². The number of rotatable bonds is 10. The van der Waals surface area contributed by atoms with Gasteiger partial charge in [-0.05, 0) is 61.1 Å². The molecule has 31 heavy (non-hydrogen) atoms. The van der Waals surface area contributed by atoms with E-state index in [0.717, 1.165) is 29.7 Å². The summed E-state index contributed by atoms with van der Waals surface area (Å²) in [7, 11) is -3.44. The summed E-state index contributed by atoms with van der Waals surface area (Å²) in [6.45, 7) is 0.545. The molecular weight excluding hydrogens is 412 g/mol. The first-order valence-corrected chi connectivity index (χ1v) is 11.9. The number of benzene rings is 2. The number of sulfonamides is 1. The van der Waals surface area contributed by atoms with Gasteiger partial charge in [0.25, 0.3) is 0 Å². The van der Waals surface area contributed by atoms with Crippen molar-refractivity contribution in [1.82, 2.24) is 19.8 Å². The zero-order chi connectivity index (χ0) is 21.7. The summed E-state index contributed by atoms with van der Waals surface area (Å²) in [5.74, 6) is -0.0254. The number of amides is 1. The van der Waals surface area contributed by atoms with Gasteiger partial charge in [-0.15, -0.1) is 0 Å². The summed E-state index contributed by atoms with van der Waals surface area (Å²) in [6.07, 6.45) is 7.22. The van der Waals surface area contributed by atoms with Crippen LogP contribution < -0.4 is 10.0 Å². The van der Waals surface area contributed by atoms with Gasteiger partial charge in [-0.3, -0.25) is 4.79 Å². The number of nitrogens with zero attached hydrogens (tertiary/aromatic N) is 2. The van der Waals surface area contributed by atoms with Crippen LogP contribution in [0.4, 0.5) is 0 Å². The van der Waals surface area contributed by atoms with Crippen LogP contribution in [0.5, 0.6) is 0 Å². The van der Waals surface area contributed by atoms with Gasteiger partial charge in [0.2, 0.25) is 15.9 Å². The van der Waals surface area contributed by atoms with Gasteiger partial charge >= 0.3 is 0 Å². The number of aromatic nitrogens is 2. The van der Waals surface area contributed by atoms with E-state index in [4.69, 9.17) is 0 Å². The standard InChI is InChI=1S/C23H26N4O3S/c28-23(24-15-14-19-16-25-27(17-19)21-4-2-1-3-5-21)13-8-18-6-11-22(12-7-18)31(29,30)26-20-9-10-20/h1-7,11-12,16-17,20,26H,8-10,13-15H2,(H,24,28). The highest BCUT2D eigenvalue weighted by atomic mass is 32.2. The third kappa shape index (κ3) is 6.02. The normalized spacial score (nSPS) is 13.8. The van der Waals surface area contributed by atoms with E-state index >= 15 is 0 Å². The molecule has 0 spiro atoms. The van der Waals surface area contributed by atoms with E-state index in [2.05, 4.69) is 15.1 Å². The summed E-state index contributed by atoms with van der Waals surface area (Å²) in [5.41, 5.74) is 2.99. The molecule has 1 fully saturated rings. The molecule has 162 valence electrons. The van der Waals surface area contributed by atoms with Gasteiger partial charge in [-0.2, -0.15) is 5.10 Å². The van der Waals surface area contributed by atoms with Gasteiger partial charge in [-0.1, -0.05) is 30.3 Å². The Labute approximate surface area is 182 Å². The van der Waals surface area contributed by atoms with Crippen molar-refractivity contribution in [1.29, 1.82) is 0 Å². The summed E-state index contributed by atoms with van der Waals surface area (Å²) in [4.78, 5) is 12.4. The number of nitrogens with one attached hydrogen (secondary N) is 2. The zero-order valence-corrected chi connectivity index (χ0v) is 18.0. The van der Waals surface area contributed by atoms with E-state index < -0.39 is 10.0 Å². The molecule has 1 amide bonds. The lowest BCUT2D eigenvalue weighted by Crippen LogP contribution is -2.26. The SMILES string of the molecule is O=C(CCc1ccc(S(=O)(=O)NC2CC2)cc1)NCCc1cnn(-c2ccccc2)c1. The monoisotopic (exact) mass is 438 g/mol. The van der Waals surface area contributed by atoms with Crippen molar-refractivity contribution >= 4 is 15.9 Å². The molecule has 0 saturated heterocycles. The second kappa shape index (κ2) is 9.45. The molecule has 1 aliphatic carbocycles. The Morgan fingerprint density at radius 2 is 1.74 bits per heavy atom. The highest BCUT2D eigenvalue weighted by molar-refractivity contribution is 7.89. The van der Waals surface area contributed by atoms with Crippen LogP contribution in [0.15, 0.2) is 71.9 Å². The van der Waals surface area contributed by atoms with Crippen molar-refractivity contribution in [3.8, 4) is 5.69 Å². The first-order valence-electron chi connectivity index (χ1n) is 10.5. The molecule has 8 heteroatoms. The third-order valence-electron chi connectivity index (χ3n) is 5.17. The maximum Gasteiger partial charge on any atom is 0.240 e. The van der Waals surface area contributed by atoms with Crippen molar-refractivity contribution in [2.24, 2.45) is 0 Å². The second-order valence-electron chi connectivity index (χ2n) is 7.77. The third-order valence-corrected chi connectivity index (χ3v) is 6.70. The minimum absolute atomic E-state index is 0.0254. The molecule has 2 N–H and O–H groups in total. The van der Waals surface area contributed by atoms with Crippen LogP contribution >= 0.6 is 0 Å². The molecule has 0 radical (unpaired) electrons. The highest BCUT2D eigenvalue weighted by Gasteiger charge is 2.27.